The SMILES string of the molecule is C=C(CN(C)CCCCC)[B-](F)(F)F.[K+]. The molecule has 0 spiro atoms. The largest absolute Gasteiger partial charge is 1.00 e. The van der Waals surface area contributed by atoms with Crippen molar-refractivity contribution in [3.05, 3.63) is 12.1 Å². The average molecular weight is 247 g/mol. The summed E-state index contributed by atoms with van der Waals surface area (Å²) in [7, 11) is 1.70. The van der Waals surface area contributed by atoms with E-state index in [1.807, 2.05) is 0 Å². The van der Waals surface area contributed by atoms with Crippen LogP contribution in [0.15, 0.2) is 12.1 Å². The van der Waals surface area contributed by atoms with Crippen LogP contribution < -0.4 is 51.4 Å². The smallest absolute Gasteiger partial charge is 0.445 e. The molecule has 0 fully saturated rings. The minimum atomic E-state index is -4.86. The Labute approximate surface area is 133 Å². The molecule has 0 radical (unpaired) electrons. The standard InChI is InChI=1S/C9H18BF3N.K/c1-4-5-6-7-14(3)8-9(2)10(11,12)13;/h2,4-8H2,1,3H3;/q-1;+1. The van der Waals surface area contributed by atoms with E-state index in [0.29, 0.717) is 6.54 Å². The maximum absolute atomic E-state index is 12.1. The van der Waals surface area contributed by atoms with E-state index in [1.165, 1.54) is 0 Å². The Bertz CT molecular complexity index is 185. The van der Waals surface area contributed by atoms with Crippen molar-refractivity contribution in [3.63, 3.8) is 0 Å². The van der Waals surface area contributed by atoms with Crippen molar-refractivity contribution in [2.24, 2.45) is 0 Å². The third-order valence-corrected chi connectivity index (χ3v) is 2.08. The van der Waals surface area contributed by atoms with Crippen molar-refractivity contribution in [3.8, 4) is 0 Å². The Morgan fingerprint density at radius 2 is 1.80 bits per heavy atom. The first kappa shape index (κ1) is 18.6. The van der Waals surface area contributed by atoms with Crippen LogP contribution in [0.2, 0.25) is 0 Å². The maximum Gasteiger partial charge on any atom is 1.00 e. The predicted octanol–water partition coefficient (Wildman–Crippen LogP) is 0.0552. The van der Waals surface area contributed by atoms with E-state index in [2.05, 4.69) is 13.5 Å². The molecule has 0 atom stereocenters. The number of rotatable bonds is 7. The molecule has 0 bridgehead atoms. The van der Waals surface area contributed by atoms with Gasteiger partial charge in [0.25, 0.3) is 0 Å². The van der Waals surface area contributed by atoms with Crippen molar-refractivity contribution in [2.75, 3.05) is 20.1 Å². The zero-order valence-corrected chi connectivity index (χ0v) is 13.0. The molecule has 0 saturated carbocycles. The van der Waals surface area contributed by atoms with E-state index >= 15 is 0 Å². The summed E-state index contributed by atoms with van der Waals surface area (Å²) in [6.07, 6.45) is 3.09. The molecule has 0 aromatic carbocycles. The Morgan fingerprint density at radius 1 is 1.27 bits per heavy atom. The predicted molar refractivity (Wildman–Crippen MR) is 55.2 cm³/mol. The maximum atomic E-state index is 12.1. The third-order valence-electron chi connectivity index (χ3n) is 2.08. The van der Waals surface area contributed by atoms with Crippen LogP contribution in [0.4, 0.5) is 12.9 Å². The molecule has 0 aliphatic carbocycles. The van der Waals surface area contributed by atoms with Gasteiger partial charge in [-0.05, 0) is 26.6 Å². The average Bonchev–Trinajstić information content (AvgIpc) is 2.03. The molecule has 0 saturated heterocycles. The van der Waals surface area contributed by atoms with Gasteiger partial charge in [0, 0.05) is 0 Å². The molecule has 0 amide bonds. The monoisotopic (exact) mass is 247 g/mol. The Morgan fingerprint density at radius 3 is 2.20 bits per heavy atom. The van der Waals surface area contributed by atoms with Crippen LogP contribution in [0.5, 0.6) is 0 Å². The fourth-order valence-corrected chi connectivity index (χ4v) is 1.16. The van der Waals surface area contributed by atoms with Gasteiger partial charge < -0.3 is 17.8 Å². The fraction of sp³-hybridized carbons (Fsp3) is 0.778. The molecule has 0 rings (SSSR count). The van der Waals surface area contributed by atoms with Crippen LogP contribution in [0.25, 0.3) is 0 Å². The van der Waals surface area contributed by atoms with Gasteiger partial charge in [-0.2, -0.15) is 0 Å². The van der Waals surface area contributed by atoms with E-state index in [4.69, 9.17) is 0 Å². The molecule has 0 aromatic heterocycles. The first-order chi connectivity index (χ1) is 6.38. The molecule has 6 heteroatoms. The minimum absolute atomic E-state index is 0. The molecular formula is C9H18BF3KN. The molecule has 0 aromatic rings. The van der Waals surface area contributed by atoms with Gasteiger partial charge in [0.05, 0.1) is 0 Å². The summed E-state index contributed by atoms with van der Waals surface area (Å²) in [5.74, 6) is 0. The molecular weight excluding hydrogens is 229 g/mol. The normalized spacial score (nSPS) is 11.3. The van der Waals surface area contributed by atoms with Crippen LogP contribution in [0, 0.1) is 0 Å². The minimum Gasteiger partial charge on any atom is -0.445 e. The molecule has 0 aliphatic rings. The zero-order valence-electron chi connectivity index (χ0n) is 9.90. The van der Waals surface area contributed by atoms with Gasteiger partial charge in [0.1, 0.15) is 0 Å². The van der Waals surface area contributed by atoms with Gasteiger partial charge >= 0.3 is 58.4 Å². The van der Waals surface area contributed by atoms with Gasteiger partial charge in [-0.15, -0.1) is 12.1 Å². The first-order valence-electron chi connectivity index (χ1n) is 4.94. The van der Waals surface area contributed by atoms with Crippen molar-refractivity contribution < 1.29 is 64.3 Å². The number of hydrogen-bond donors (Lipinski definition) is 0. The topological polar surface area (TPSA) is 3.24 Å². The molecule has 0 heterocycles. The van der Waals surface area contributed by atoms with Gasteiger partial charge in [0.2, 0.25) is 0 Å². The van der Waals surface area contributed by atoms with E-state index in [9.17, 15) is 12.9 Å². The number of hydrogen-bond acceptors (Lipinski definition) is 1. The molecule has 0 N–H and O–H groups in total. The van der Waals surface area contributed by atoms with Crippen LogP contribution in [-0.4, -0.2) is 32.0 Å². The van der Waals surface area contributed by atoms with Crippen molar-refractivity contribution >= 4 is 6.98 Å². The number of likely N-dealkylation sites (N-methyl/N-ethyl adjacent to an activating group) is 1. The first-order valence-corrected chi connectivity index (χ1v) is 4.94. The molecule has 1 nitrogen and oxygen atoms in total. The van der Waals surface area contributed by atoms with Crippen molar-refractivity contribution in [1.82, 2.24) is 4.90 Å². The summed E-state index contributed by atoms with van der Waals surface area (Å²) in [4.78, 5) is 1.67. The summed E-state index contributed by atoms with van der Waals surface area (Å²) >= 11 is 0. The second kappa shape index (κ2) is 9.25. The van der Waals surface area contributed by atoms with Gasteiger partial charge in [-0.25, -0.2) is 0 Å². The Balaban J connectivity index is 0. The molecule has 84 valence electrons. The van der Waals surface area contributed by atoms with Crippen LogP contribution in [-0.2, 0) is 0 Å². The van der Waals surface area contributed by atoms with Crippen molar-refractivity contribution in [1.29, 1.82) is 0 Å². The van der Waals surface area contributed by atoms with Gasteiger partial charge in [0.15, 0.2) is 0 Å². The number of nitrogens with zero attached hydrogens (tertiary/aromatic N) is 1. The fourth-order valence-electron chi connectivity index (χ4n) is 1.16. The van der Waals surface area contributed by atoms with E-state index in [-0.39, 0.29) is 57.9 Å². The summed E-state index contributed by atoms with van der Waals surface area (Å²) < 4.78 is 36.4. The quantitative estimate of drug-likeness (QED) is 0.454. The van der Waals surface area contributed by atoms with Gasteiger partial charge in [-0.1, -0.05) is 19.8 Å². The summed E-state index contributed by atoms with van der Waals surface area (Å²) in [6, 6.07) is 0. The molecule has 0 unspecified atom stereocenters. The Hall–Kier alpha value is 1.19. The third kappa shape index (κ3) is 10.1. The van der Waals surface area contributed by atoms with E-state index in [1.54, 1.807) is 11.9 Å². The zero-order chi connectivity index (χ0) is 11.2. The molecule has 0 aliphatic heterocycles. The van der Waals surface area contributed by atoms with Gasteiger partial charge in [-0.3, -0.25) is 0 Å². The summed E-state index contributed by atoms with van der Waals surface area (Å²) in [5, 5.41) is 0. The number of halogens is 3. The second-order valence-electron chi connectivity index (χ2n) is 3.68. The summed E-state index contributed by atoms with van der Waals surface area (Å²) in [6.45, 7) is 0.906. The Kier molecular flexibility index (Phi) is 11.4. The van der Waals surface area contributed by atoms with Crippen LogP contribution >= 0.6 is 0 Å². The summed E-state index contributed by atoms with van der Waals surface area (Å²) in [5.41, 5.74) is -0.607. The number of unbranched alkanes of at least 4 members (excludes halogenated alkanes) is 2. The van der Waals surface area contributed by atoms with Crippen LogP contribution in [0.1, 0.15) is 26.2 Å². The van der Waals surface area contributed by atoms with E-state index in [0.717, 1.165) is 19.3 Å². The molecule has 15 heavy (non-hydrogen) atoms. The van der Waals surface area contributed by atoms with Crippen LogP contribution in [0.3, 0.4) is 0 Å². The van der Waals surface area contributed by atoms with E-state index < -0.39 is 12.4 Å². The van der Waals surface area contributed by atoms with Crippen molar-refractivity contribution in [2.45, 2.75) is 26.2 Å². The second-order valence-corrected chi connectivity index (χ2v) is 3.68.